The average Bonchev–Trinajstić information content (AvgIpc) is 3.44. The number of rotatable bonds is 15. The number of ketones is 1. The fourth-order valence-corrected chi connectivity index (χ4v) is 4.85. The number of ether oxygens (including phenoxy) is 2. The van der Waals surface area contributed by atoms with Gasteiger partial charge in [0.25, 0.3) is 0 Å². The van der Waals surface area contributed by atoms with Gasteiger partial charge in [-0.1, -0.05) is 63.7 Å². The number of allylic oxidation sites excluding steroid dienone is 1. The van der Waals surface area contributed by atoms with E-state index in [2.05, 4.69) is 18.3 Å². The zero-order chi connectivity index (χ0) is 24.2. The molecule has 0 unspecified atom stereocenters. The number of aliphatic hydroxyl groups excluding tert-OH is 1. The van der Waals surface area contributed by atoms with Gasteiger partial charge in [-0.2, -0.15) is 0 Å². The molecule has 0 saturated heterocycles. The number of unbranched alkanes of at least 4 members (excludes halogenated alkanes) is 5. The maximum absolute atomic E-state index is 12.3. The van der Waals surface area contributed by atoms with Crippen molar-refractivity contribution in [2.75, 3.05) is 6.79 Å². The Kier molecular flexibility index (Phi) is 10.9. The van der Waals surface area contributed by atoms with E-state index >= 15 is 0 Å². The predicted octanol–water partition coefficient (Wildman–Crippen LogP) is 5.46. The van der Waals surface area contributed by atoms with Crippen LogP contribution in [0.2, 0.25) is 0 Å². The predicted molar refractivity (Wildman–Crippen MR) is 133 cm³/mol. The first-order valence-corrected chi connectivity index (χ1v) is 13.1. The summed E-state index contributed by atoms with van der Waals surface area (Å²) in [4.78, 5) is 24.5. The van der Waals surface area contributed by atoms with Crippen LogP contribution in [0.3, 0.4) is 0 Å². The molecule has 1 amide bonds. The summed E-state index contributed by atoms with van der Waals surface area (Å²) in [5.41, 5.74) is 0.996. The normalized spacial score (nSPS) is 20.2. The number of carbonyl (C=O) groups excluding carboxylic acids is 2. The van der Waals surface area contributed by atoms with E-state index in [9.17, 15) is 14.7 Å². The fraction of sp³-hybridized carbons (Fsp3) is 0.643. The number of benzene rings is 1. The number of hydrogen-bond donors (Lipinski definition) is 2. The van der Waals surface area contributed by atoms with Crippen LogP contribution in [0.1, 0.15) is 89.5 Å². The molecule has 6 heteroatoms. The third kappa shape index (κ3) is 8.46. The Morgan fingerprint density at radius 1 is 1.15 bits per heavy atom. The van der Waals surface area contributed by atoms with Gasteiger partial charge >= 0.3 is 0 Å². The highest BCUT2D eigenvalue weighted by Crippen LogP contribution is 2.34. The minimum absolute atomic E-state index is 0.0614. The van der Waals surface area contributed by atoms with E-state index in [0.717, 1.165) is 81.3 Å². The van der Waals surface area contributed by atoms with Gasteiger partial charge in [0.2, 0.25) is 12.7 Å². The standard InChI is InChI=1S/C28H41NO5/c1-2-3-6-9-23(30)15-13-22-14-16-25(31)24(22)10-7-4-5-8-11-28(32)29-19-21-12-17-26-27(18-21)34-20-33-26/h12-13,15,17-18,22-24,30H,2-11,14,16,19-20H2,1H3,(H,29,32)/t22-,23-,24+/m0/s1. The first kappa shape index (κ1) is 26.3. The Hall–Kier alpha value is -2.34. The second-order valence-electron chi connectivity index (χ2n) is 9.64. The van der Waals surface area contributed by atoms with E-state index < -0.39 is 0 Å². The largest absolute Gasteiger partial charge is 0.454 e. The third-order valence-electron chi connectivity index (χ3n) is 6.93. The zero-order valence-electron chi connectivity index (χ0n) is 20.6. The van der Waals surface area contributed by atoms with Crippen LogP contribution in [0, 0.1) is 11.8 Å². The molecule has 0 spiro atoms. The van der Waals surface area contributed by atoms with Crippen LogP contribution < -0.4 is 14.8 Å². The number of fused-ring (bicyclic) bond motifs is 1. The lowest BCUT2D eigenvalue weighted by Gasteiger charge is -2.15. The average molecular weight is 472 g/mol. The Labute approximate surface area is 204 Å². The molecule has 1 aromatic rings. The van der Waals surface area contributed by atoms with Gasteiger partial charge in [-0.25, -0.2) is 0 Å². The van der Waals surface area contributed by atoms with E-state index in [1.54, 1.807) is 0 Å². The summed E-state index contributed by atoms with van der Waals surface area (Å²) in [5, 5.41) is 13.1. The molecule has 6 nitrogen and oxygen atoms in total. The number of Topliss-reactive ketones (excluding diaryl/α,β-unsaturated/α-hetero) is 1. The summed E-state index contributed by atoms with van der Waals surface area (Å²) < 4.78 is 10.7. The number of aliphatic hydroxyl groups is 1. The highest BCUT2D eigenvalue weighted by atomic mass is 16.7. The second-order valence-corrected chi connectivity index (χ2v) is 9.64. The van der Waals surface area contributed by atoms with Gasteiger partial charge < -0.3 is 19.9 Å². The van der Waals surface area contributed by atoms with Crippen LogP contribution in [0.5, 0.6) is 11.5 Å². The number of carbonyl (C=O) groups is 2. The van der Waals surface area contributed by atoms with Gasteiger partial charge in [-0.3, -0.25) is 9.59 Å². The summed E-state index contributed by atoms with van der Waals surface area (Å²) in [5.74, 6) is 2.29. The van der Waals surface area contributed by atoms with Gasteiger partial charge in [-0.15, -0.1) is 0 Å². The number of amides is 1. The first-order chi connectivity index (χ1) is 16.6. The van der Waals surface area contributed by atoms with Crippen LogP contribution in [-0.4, -0.2) is 29.7 Å². The molecule has 1 aliphatic carbocycles. The van der Waals surface area contributed by atoms with Crippen molar-refractivity contribution >= 4 is 11.7 Å². The summed E-state index contributed by atoms with van der Waals surface area (Å²) >= 11 is 0. The van der Waals surface area contributed by atoms with Gasteiger partial charge in [0.15, 0.2) is 11.5 Å². The van der Waals surface area contributed by atoms with Crippen LogP contribution in [0.25, 0.3) is 0 Å². The highest BCUT2D eigenvalue weighted by molar-refractivity contribution is 5.83. The van der Waals surface area contributed by atoms with Crippen molar-refractivity contribution in [3.05, 3.63) is 35.9 Å². The summed E-state index contributed by atoms with van der Waals surface area (Å²) in [6.45, 7) is 2.90. The molecule has 34 heavy (non-hydrogen) atoms. The van der Waals surface area contributed by atoms with Crippen molar-refractivity contribution in [1.29, 1.82) is 0 Å². The molecular weight excluding hydrogens is 430 g/mol. The van der Waals surface area contributed by atoms with Crippen molar-refractivity contribution < 1.29 is 24.2 Å². The summed E-state index contributed by atoms with van der Waals surface area (Å²) in [6.07, 6.45) is 14.7. The molecule has 2 aliphatic rings. The minimum Gasteiger partial charge on any atom is -0.454 e. The number of hydrogen-bond acceptors (Lipinski definition) is 5. The lowest BCUT2D eigenvalue weighted by atomic mass is 9.89. The lowest BCUT2D eigenvalue weighted by molar-refractivity contribution is -0.122. The van der Waals surface area contributed by atoms with E-state index in [1.165, 1.54) is 0 Å². The van der Waals surface area contributed by atoms with Crippen LogP contribution >= 0.6 is 0 Å². The fourth-order valence-electron chi connectivity index (χ4n) is 4.85. The van der Waals surface area contributed by atoms with Gasteiger partial charge in [0, 0.05) is 25.3 Å². The molecule has 1 aliphatic heterocycles. The molecule has 2 N–H and O–H groups in total. The molecule has 0 radical (unpaired) electrons. The van der Waals surface area contributed by atoms with E-state index in [4.69, 9.17) is 9.47 Å². The molecule has 3 atom stereocenters. The van der Waals surface area contributed by atoms with Crippen molar-refractivity contribution in [2.45, 2.75) is 96.6 Å². The molecule has 0 aromatic heterocycles. The van der Waals surface area contributed by atoms with Crippen molar-refractivity contribution in [3.63, 3.8) is 0 Å². The smallest absolute Gasteiger partial charge is 0.231 e. The van der Waals surface area contributed by atoms with Gasteiger partial charge in [0.05, 0.1) is 6.10 Å². The highest BCUT2D eigenvalue weighted by Gasteiger charge is 2.32. The monoisotopic (exact) mass is 471 g/mol. The van der Waals surface area contributed by atoms with Crippen molar-refractivity contribution in [1.82, 2.24) is 5.32 Å². The van der Waals surface area contributed by atoms with Crippen molar-refractivity contribution in [3.8, 4) is 11.5 Å². The second kappa shape index (κ2) is 14.1. The molecule has 1 aromatic carbocycles. The van der Waals surface area contributed by atoms with Crippen LogP contribution in [0.15, 0.2) is 30.4 Å². The zero-order valence-corrected chi connectivity index (χ0v) is 20.6. The van der Waals surface area contributed by atoms with E-state index in [0.29, 0.717) is 25.2 Å². The van der Waals surface area contributed by atoms with Gasteiger partial charge in [-0.05, 0) is 49.3 Å². The Morgan fingerprint density at radius 3 is 2.82 bits per heavy atom. The Bertz CT molecular complexity index is 821. The lowest BCUT2D eigenvalue weighted by Crippen LogP contribution is -2.22. The third-order valence-corrected chi connectivity index (χ3v) is 6.93. The Morgan fingerprint density at radius 2 is 1.97 bits per heavy atom. The molecule has 1 saturated carbocycles. The molecule has 188 valence electrons. The number of nitrogens with one attached hydrogen (secondary N) is 1. The minimum atomic E-state index is -0.390. The van der Waals surface area contributed by atoms with E-state index in [-0.39, 0.29) is 30.6 Å². The van der Waals surface area contributed by atoms with E-state index in [1.807, 2.05) is 24.3 Å². The maximum atomic E-state index is 12.3. The molecular formula is C28H41NO5. The summed E-state index contributed by atoms with van der Waals surface area (Å²) in [6, 6.07) is 5.71. The van der Waals surface area contributed by atoms with Crippen LogP contribution in [-0.2, 0) is 16.1 Å². The maximum Gasteiger partial charge on any atom is 0.231 e. The first-order valence-electron chi connectivity index (χ1n) is 13.1. The van der Waals surface area contributed by atoms with Crippen molar-refractivity contribution in [2.24, 2.45) is 11.8 Å². The summed E-state index contributed by atoms with van der Waals surface area (Å²) in [7, 11) is 0. The quantitative estimate of drug-likeness (QED) is 0.262. The van der Waals surface area contributed by atoms with Gasteiger partial charge in [0.1, 0.15) is 5.78 Å². The molecule has 3 rings (SSSR count). The topological polar surface area (TPSA) is 84.9 Å². The molecule has 1 heterocycles. The molecule has 0 bridgehead atoms. The SMILES string of the molecule is CCCCC[C@H](O)C=C[C@H]1CCC(=O)[C@@H]1CCCCCCC(=O)NCc1ccc2c(c1)OCO2. The Balaban J connectivity index is 1.26. The van der Waals surface area contributed by atoms with Crippen LogP contribution in [0.4, 0.5) is 0 Å². The molecule has 1 fully saturated rings.